The number of aromatic nitrogens is 2. The lowest BCUT2D eigenvalue weighted by molar-refractivity contribution is -0.150. The molecule has 1 aromatic heterocycles. The molecular formula is C17H30N2O2. The van der Waals surface area contributed by atoms with Crippen molar-refractivity contribution in [3.05, 3.63) is 18.0 Å². The molecule has 1 fully saturated rings. The molecule has 0 amide bonds. The quantitative estimate of drug-likeness (QED) is 0.876. The van der Waals surface area contributed by atoms with E-state index in [1.807, 2.05) is 24.0 Å². The Balaban J connectivity index is 2.06. The molecule has 21 heavy (non-hydrogen) atoms. The van der Waals surface area contributed by atoms with Gasteiger partial charge in [0.25, 0.3) is 0 Å². The van der Waals surface area contributed by atoms with Gasteiger partial charge in [0.1, 0.15) is 0 Å². The van der Waals surface area contributed by atoms with E-state index in [-0.39, 0.29) is 5.60 Å². The SMILES string of the molecule is CCOC1(C(O)Cc2cnn(CC)c2)CCC(C)(C)CC1. The van der Waals surface area contributed by atoms with E-state index in [1.54, 1.807) is 0 Å². The smallest absolute Gasteiger partial charge is 0.0943 e. The molecule has 0 aromatic carbocycles. The van der Waals surface area contributed by atoms with Gasteiger partial charge in [-0.3, -0.25) is 4.68 Å². The normalized spacial score (nSPS) is 22.1. The number of hydrogen-bond acceptors (Lipinski definition) is 3. The standard InChI is InChI=1S/C17H30N2O2/c1-5-19-13-14(12-18-19)11-15(20)17(21-6-2)9-7-16(3,4)8-10-17/h12-13,15,20H,5-11H2,1-4H3. The van der Waals surface area contributed by atoms with Crippen molar-refractivity contribution >= 4 is 0 Å². The number of aryl methyl sites for hydroxylation is 1. The Bertz CT molecular complexity index is 443. The zero-order valence-electron chi connectivity index (χ0n) is 13.9. The highest BCUT2D eigenvalue weighted by Crippen LogP contribution is 2.44. The van der Waals surface area contributed by atoms with Crippen molar-refractivity contribution < 1.29 is 9.84 Å². The molecule has 120 valence electrons. The fourth-order valence-corrected chi connectivity index (χ4v) is 3.31. The van der Waals surface area contributed by atoms with Crippen LogP contribution in [0.4, 0.5) is 0 Å². The highest BCUT2D eigenvalue weighted by Gasteiger charge is 2.44. The van der Waals surface area contributed by atoms with Crippen LogP contribution in [-0.4, -0.2) is 33.2 Å². The van der Waals surface area contributed by atoms with Crippen molar-refractivity contribution in [2.75, 3.05) is 6.61 Å². The first-order valence-corrected chi connectivity index (χ1v) is 8.24. The van der Waals surface area contributed by atoms with E-state index in [1.165, 1.54) is 0 Å². The number of aliphatic hydroxyl groups excluding tert-OH is 1. The molecule has 4 nitrogen and oxygen atoms in total. The van der Waals surface area contributed by atoms with Gasteiger partial charge in [0.2, 0.25) is 0 Å². The third kappa shape index (κ3) is 3.86. The van der Waals surface area contributed by atoms with E-state index in [9.17, 15) is 5.11 Å². The summed E-state index contributed by atoms with van der Waals surface area (Å²) < 4.78 is 7.96. The molecule has 0 bridgehead atoms. The maximum atomic E-state index is 10.8. The molecular weight excluding hydrogens is 264 g/mol. The van der Waals surface area contributed by atoms with Crippen LogP contribution in [0, 0.1) is 5.41 Å². The summed E-state index contributed by atoms with van der Waals surface area (Å²) in [5, 5.41) is 15.1. The Morgan fingerprint density at radius 2 is 1.95 bits per heavy atom. The number of rotatable bonds is 6. The molecule has 4 heteroatoms. The minimum atomic E-state index is -0.456. The zero-order valence-corrected chi connectivity index (χ0v) is 13.9. The van der Waals surface area contributed by atoms with E-state index < -0.39 is 6.10 Å². The molecule has 1 saturated carbocycles. The summed E-state index contributed by atoms with van der Waals surface area (Å²) in [5.74, 6) is 0. The third-order valence-electron chi connectivity index (χ3n) is 4.93. The second kappa shape index (κ2) is 6.49. The largest absolute Gasteiger partial charge is 0.390 e. The van der Waals surface area contributed by atoms with Crippen LogP contribution in [0.1, 0.15) is 58.9 Å². The minimum Gasteiger partial charge on any atom is -0.390 e. The lowest BCUT2D eigenvalue weighted by Crippen LogP contribution is -2.50. The van der Waals surface area contributed by atoms with Gasteiger partial charge in [0.15, 0.2) is 0 Å². The van der Waals surface area contributed by atoms with E-state index in [2.05, 4.69) is 25.9 Å². The molecule has 1 atom stereocenters. The Morgan fingerprint density at radius 1 is 1.29 bits per heavy atom. The first-order valence-electron chi connectivity index (χ1n) is 8.24. The molecule has 1 unspecified atom stereocenters. The Kier molecular flexibility index (Phi) is 5.10. The lowest BCUT2D eigenvalue weighted by Gasteiger charge is -2.45. The van der Waals surface area contributed by atoms with E-state index in [4.69, 9.17) is 4.74 Å². The maximum absolute atomic E-state index is 10.8. The van der Waals surface area contributed by atoms with Crippen molar-refractivity contribution in [3.63, 3.8) is 0 Å². The van der Waals surface area contributed by atoms with Gasteiger partial charge in [-0.1, -0.05) is 13.8 Å². The van der Waals surface area contributed by atoms with Crippen molar-refractivity contribution in [1.82, 2.24) is 9.78 Å². The van der Waals surface area contributed by atoms with Gasteiger partial charge in [0, 0.05) is 25.8 Å². The van der Waals surface area contributed by atoms with Crippen LogP contribution in [0.5, 0.6) is 0 Å². The van der Waals surface area contributed by atoms with Gasteiger partial charge in [-0.15, -0.1) is 0 Å². The number of ether oxygens (including phenoxy) is 1. The van der Waals surface area contributed by atoms with Gasteiger partial charge >= 0.3 is 0 Å². The molecule has 1 aromatic rings. The highest BCUT2D eigenvalue weighted by molar-refractivity contribution is 5.09. The van der Waals surface area contributed by atoms with Crippen molar-refractivity contribution in [2.45, 2.75) is 78.0 Å². The molecule has 1 N–H and O–H groups in total. The molecule has 1 heterocycles. The maximum Gasteiger partial charge on any atom is 0.0943 e. The van der Waals surface area contributed by atoms with Gasteiger partial charge < -0.3 is 9.84 Å². The Morgan fingerprint density at radius 3 is 2.48 bits per heavy atom. The zero-order chi connectivity index (χ0) is 15.5. The van der Waals surface area contributed by atoms with Gasteiger partial charge in [-0.2, -0.15) is 5.10 Å². The van der Waals surface area contributed by atoms with Crippen LogP contribution in [-0.2, 0) is 17.7 Å². The van der Waals surface area contributed by atoms with Crippen LogP contribution in [0.15, 0.2) is 12.4 Å². The van der Waals surface area contributed by atoms with Gasteiger partial charge in [0.05, 0.1) is 17.9 Å². The van der Waals surface area contributed by atoms with Crippen LogP contribution >= 0.6 is 0 Å². The molecule has 0 saturated heterocycles. The first-order chi connectivity index (χ1) is 9.91. The predicted molar refractivity (Wildman–Crippen MR) is 84.2 cm³/mol. The third-order valence-corrected chi connectivity index (χ3v) is 4.93. The summed E-state index contributed by atoms with van der Waals surface area (Å²) in [6.07, 6.45) is 8.16. The van der Waals surface area contributed by atoms with Crippen molar-refractivity contribution in [1.29, 1.82) is 0 Å². The monoisotopic (exact) mass is 294 g/mol. The minimum absolute atomic E-state index is 0.368. The van der Waals surface area contributed by atoms with Crippen molar-refractivity contribution in [3.8, 4) is 0 Å². The van der Waals surface area contributed by atoms with Gasteiger partial charge in [-0.25, -0.2) is 0 Å². The topological polar surface area (TPSA) is 47.3 Å². The lowest BCUT2D eigenvalue weighted by atomic mass is 9.68. The summed E-state index contributed by atoms with van der Waals surface area (Å²) in [4.78, 5) is 0. The van der Waals surface area contributed by atoms with E-state index in [0.29, 0.717) is 18.4 Å². The average molecular weight is 294 g/mol. The molecule has 0 aliphatic heterocycles. The van der Waals surface area contributed by atoms with Crippen LogP contribution in [0.3, 0.4) is 0 Å². The number of nitrogens with zero attached hydrogens (tertiary/aromatic N) is 2. The summed E-state index contributed by atoms with van der Waals surface area (Å²) in [6.45, 7) is 10.2. The summed E-state index contributed by atoms with van der Waals surface area (Å²) in [5.41, 5.74) is 1.08. The number of aliphatic hydroxyl groups is 1. The second-order valence-electron chi connectivity index (χ2n) is 7.09. The average Bonchev–Trinajstić information content (AvgIpc) is 2.89. The second-order valence-corrected chi connectivity index (χ2v) is 7.09. The molecule has 0 spiro atoms. The van der Waals surface area contributed by atoms with Crippen LogP contribution < -0.4 is 0 Å². The van der Waals surface area contributed by atoms with E-state index in [0.717, 1.165) is 37.8 Å². The molecule has 1 aliphatic carbocycles. The fraction of sp³-hybridized carbons (Fsp3) is 0.824. The van der Waals surface area contributed by atoms with Crippen molar-refractivity contribution in [2.24, 2.45) is 5.41 Å². The fourth-order valence-electron chi connectivity index (χ4n) is 3.31. The summed E-state index contributed by atoms with van der Waals surface area (Å²) >= 11 is 0. The predicted octanol–water partition coefficient (Wildman–Crippen LogP) is 3.18. The highest BCUT2D eigenvalue weighted by atomic mass is 16.5. The Labute approximate surface area is 128 Å². The Hall–Kier alpha value is -0.870. The van der Waals surface area contributed by atoms with Gasteiger partial charge in [-0.05, 0) is 50.5 Å². The molecule has 2 rings (SSSR count). The molecule has 0 radical (unpaired) electrons. The molecule has 1 aliphatic rings. The van der Waals surface area contributed by atoms with Crippen LogP contribution in [0.25, 0.3) is 0 Å². The summed E-state index contributed by atoms with van der Waals surface area (Å²) in [7, 11) is 0. The van der Waals surface area contributed by atoms with Crippen LogP contribution in [0.2, 0.25) is 0 Å². The summed E-state index contributed by atoms with van der Waals surface area (Å²) in [6, 6.07) is 0. The number of hydrogen-bond donors (Lipinski definition) is 1. The first kappa shape index (κ1) is 16.5. The van der Waals surface area contributed by atoms with E-state index >= 15 is 0 Å².